The van der Waals surface area contributed by atoms with Crippen LogP contribution in [0.1, 0.15) is 30.6 Å². The second kappa shape index (κ2) is 5.78. The van der Waals surface area contributed by atoms with Gasteiger partial charge in [-0.25, -0.2) is 0 Å². The Morgan fingerprint density at radius 1 is 1.40 bits per heavy atom. The van der Waals surface area contributed by atoms with E-state index < -0.39 is 0 Å². The highest BCUT2D eigenvalue weighted by Gasteiger charge is 2.19. The fourth-order valence-electron chi connectivity index (χ4n) is 2.98. The number of fused-ring (bicyclic) bond motifs is 1. The molecule has 2 aromatic rings. The van der Waals surface area contributed by atoms with Gasteiger partial charge in [-0.05, 0) is 66.4 Å². The maximum absolute atomic E-state index is 5.75. The number of halogens is 1. The van der Waals surface area contributed by atoms with Crippen LogP contribution in [-0.2, 0) is 6.42 Å². The predicted octanol–water partition coefficient (Wildman–Crippen LogP) is 4.20. The Morgan fingerprint density at radius 3 is 2.95 bits per heavy atom. The monoisotopic (exact) mass is 337 g/mol. The third-order valence-corrected chi connectivity index (χ3v) is 4.94. The summed E-state index contributed by atoms with van der Waals surface area (Å²) < 4.78 is 12.4. The summed E-state index contributed by atoms with van der Waals surface area (Å²) in [5.74, 6) is 1.73. The minimum atomic E-state index is 0.565. The van der Waals surface area contributed by atoms with Crippen LogP contribution >= 0.6 is 15.9 Å². The van der Waals surface area contributed by atoms with Gasteiger partial charge in [0, 0.05) is 15.9 Å². The highest BCUT2D eigenvalue weighted by molar-refractivity contribution is 9.10. The maximum Gasteiger partial charge on any atom is 0.177 e. The van der Waals surface area contributed by atoms with Crippen LogP contribution < -0.4 is 10.1 Å². The molecule has 1 aliphatic heterocycles. The molecule has 3 nitrogen and oxygen atoms in total. The molecule has 1 aromatic carbocycles. The van der Waals surface area contributed by atoms with Crippen molar-refractivity contribution in [3.05, 3.63) is 27.9 Å². The van der Waals surface area contributed by atoms with Gasteiger partial charge < -0.3 is 14.5 Å². The van der Waals surface area contributed by atoms with Gasteiger partial charge in [-0.15, -0.1) is 0 Å². The number of nitrogens with one attached hydrogen (secondary N) is 1. The molecule has 1 fully saturated rings. The zero-order valence-electron chi connectivity index (χ0n) is 12.0. The molecule has 1 unspecified atom stereocenters. The fourth-order valence-corrected chi connectivity index (χ4v) is 3.56. The van der Waals surface area contributed by atoms with E-state index in [4.69, 9.17) is 9.15 Å². The Morgan fingerprint density at radius 2 is 2.25 bits per heavy atom. The van der Waals surface area contributed by atoms with E-state index in [0.717, 1.165) is 39.9 Å². The van der Waals surface area contributed by atoms with Crippen molar-refractivity contribution in [2.45, 2.75) is 38.6 Å². The lowest BCUT2D eigenvalue weighted by Crippen LogP contribution is -2.35. The van der Waals surface area contributed by atoms with E-state index in [2.05, 4.69) is 33.4 Å². The molecular weight excluding hydrogens is 318 g/mol. The van der Waals surface area contributed by atoms with Gasteiger partial charge in [0.15, 0.2) is 11.3 Å². The van der Waals surface area contributed by atoms with E-state index in [1.165, 1.54) is 24.8 Å². The van der Waals surface area contributed by atoms with Crippen molar-refractivity contribution in [2.75, 3.05) is 13.7 Å². The molecule has 20 heavy (non-hydrogen) atoms. The molecule has 1 aliphatic rings. The Labute approximate surface area is 127 Å². The normalized spacial score (nSPS) is 19.4. The second-order valence-electron chi connectivity index (χ2n) is 5.50. The molecule has 0 bridgehead atoms. The minimum Gasteiger partial charge on any atom is -0.493 e. The van der Waals surface area contributed by atoms with Crippen LogP contribution in [0.2, 0.25) is 0 Å². The summed E-state index contributed by atoms with van der Waals surface area (Å²) in [4.78, 5) is 0. The molecule has 4 heteroatoms. The van der Waals surface area contributed by atoms with Crippen molar-refractivity contribution in [1.82, 2.24) is 5.32 Å². The Balaban J connectivity index is 1.99. The van der Waals surface area contributed by atoms with Crippen molar-refractivity contribution in [3.8, 4) is 5.75 Å². The average molecular weight is 338 g/mol. The quantitative estimate of drug-likeness (QED) is 0.911. The largest absolute Gasteiger partial charge is 0.493 e. The third kappa shape index (κ3) is 2.59. The molecule has 0 radical (unpaired) electrons. The fraction of sp³-hybridized carbons (Fsp3) is 0.500. The first kappa shape index (κ1) is 14.0. The first-order valence-corrected chi connectivity index (χ1v) is 7.97. The van der Waals surface area contributed by atoms with E-state index in [9.17, 15) is 0 Å². The van der Waals surface area contributed by atoms with Gasteiger partial charge >= 0.3 is 0 Å². The van der Waals surface area contributed by atoms with Crippen molar-refractivity contribution < 1.29 is 9.15 Å². The molecule has 0 aliphatic carbocycles. The summed E-state index contributed by atoms with van der Waals surface area (Å²) in [6.45, 7) is 3.10. The van der Waals surface area contributed by atoms with Crippen molar-refractivity contribution in [1.29, 1.82) is 0 Å². The number of methoxy groups -OCH3 is 1. The molecule has 0 saturated carbocycles. The lowest BCUT2D eigenvalue weighted by molar-refractivity contribution is 0.395. The number of ether oxygens (including phenoxy) is 1. The van der Waals surface area contributed by atoms with Crippen LogP contribution in [0.4, 0.5) is 0 Å². The zero-order valence-corrected chi connectivity index (χ0v) is 13.5. The molecule has 1 saturated heterocycles. The Kier molecular flexibility index (Phi) is 4.03. The van der Waals surface area contributed by atoms with Gasteiger partial charge in [0.2, 0.25) is 0 Å². The van der Waals surface area contributed by atoms with Crippen LogP contribution in [0.15, 0.2) is 21.0 Å². The van der Waals surface area contributed by atoms with E-state index in [1.807, 2.05) is 6.92 Å². The number of benzene rings is 1. The van der Waals surface area contributed by atoms with Crippen LogP contribution in [0.5, 0.6) is 5.75 Å². The van der Waals surface area contributed by atoms with E-state index >= 15 is 0 Å². The molecule has 3 rings (SSSR count). The molecule has 0 spiro atoms. The molecule has 1 atom stereocenters. The minimum absolute atomic E-state index is 0.565. The number of piperidine rings is 1. The second-order valence-corrected chi connectivity index (χ2v) is 6.30. The molecule has 1 aromatic heterocycles. The summed E-state index contributed by atoms with van der Waals surface area (Å²) in [5.41, 5.74) is 2.12. The van der Waals surface area contributed by atoms with E-state index in [-0.39, 0.29) is 0 Å². The summed E-state index contributed by atoms with van der Waals surface area (Å²) in [6.07, 6.45) is 4.88. The number of furan rings is 1. The van der Waals surface area contributed by atoms with Crippen molar-refractivity contribution >= 4 is 26.9 Å². The maximum atomic E-state index is 5.75. The Hall–Kier alpha value is -1.00. The number of aryl methyl sites for hydroxylation is 1. The van der Waals surface area contributed by atoms with Gasteiger partial charge in [-0.1, -0.05) is 6.42 Å². The van der Waals surface area contributed by atoms with Crippen LogP contribution in [-0.4, -0.2) is 19.7 Å². The third-order valence-electron chi connectivity index (χ3n) is 4.00. The first-order valence-electron chi connectivity index (χ1n) is 7.18. The van der Waals surface area contributed by atoms with Gasteiger partial charge in [0.25, 0.3) is 0 Å². The van der Waals surface area contributed by atoms with Crippen LogP contribution in [0, 0.1) is 6.92 Å². The lowest BCUT2D eigenvalue weighted by Gasteiger charge is -2.24. The summed E-state index contributed by atoms with van der Waals surface area (Å²) in [7, 11) is 1.70. The van der Waals surface area contributed by atoms with Crippen molar-refractivity contribution in [3.63, 3.8) is 0 Å². The highest BCUT2D eigenvalue weighted by atomic mass is 79.9. The van der Waals surface area contributed by atoms with Crippen molar-refractivity contribution in [2.24, 2.45) is 0 Å². The van der Waals surface area contributed by atoms with E-state index in [0.29, 0.717) is 6.04 Å². The number of hydrogen-bond donors (Lipinski definition) is 1. The highest BCUT2D eigenvalue weighted by Crippen LogP contribution is 2.37. The Bertz CT molecular complexity index is 614. The smallest absolute Gasteiger partial charge is 0.177 e. The number of hydrogen-bond acceptors (Lipinski definition) is 3. The number of rotatable bonds is 3. The van der Waals surface area contributed by atoms with Crippen LogP contribution in [0.25, 0.3) is 11.0 Å². The predicted molar refractivity (Wildman–Crippen MR) is 84.5 cm³/mol. The average Bonchev–Trinajstić information content (AvgIpc) is 2.85. The van der Waals surface area contributed by atoms with E-state index in [1.54, 1.807) is 7.11 Å². The molecule has 108 valence electrons. The summed E-state index contributed by atoms with van der Waals surface area (Å²) in [6, 6.07) is 4.74. The van der Waals surface area contributed by atoms with Gasteiger partial charge in [0.1, 0.15) is 5.76 Å². The van der Waals surface area contributed by atoms with Gasteiger partial charge in [0.05, 0.1) is 7.11 Å². The standard InChI is InChI=1S/C16H20BrNO2/c1-10-7-13-15(17)11(8-12-5-3-4-6-18-12)9-14(19-2)16(13)20-10/h7,9,12,18H,3-6,8H2,1-2H3. The summed E-state index contributed by atoms with van der Waals surface area (Å²) >= 11 is 3.74. The SMILES string of the molecule is COc1cc(CC2CCCCN2)c(Br)c2cc(C)oc12. The summed E-state index contributed by atoms with van der Waals surface area (Å²) in [5, 5.41) is 4.70. The van der Waals surface area contributed by atoms with Crippen LogP contribution in [0.3, 0.4) is 0 Å². The molecular formula is C16H20BrNO2. The van der Waals surface area contributed by atoms with Gasteiger partial charge in [-0.2, -0.15) is 0 Å². The van der Waals surface area contributed by atoms with Gasteiger partial charge in [-0.3, -0.25) is 0 Å². The topological polar surface area (TPSA) is 34.4 Å². The molecule has 2 heterocycles. The first-order chi connectivity index (χ1) is 9.69. The zero-order chi connectivity index (χ0) is 14.1. The lowest BCUT2D eigenvalue weighted by atomic mass is 9.97. The molecule has 0 amide bonds. The molecule has 1 N–H and O–H groups in total.